The number of carbonyl (C=O) groups excluding carboxylic acids is 2. The maximum absolute atomic E-state index is 13.1. The highest BCUT2D eigenvalue weighted by Crippen LogP contribution is 2.37. The Kier molecular flexibility index (Phi) is 11.2. The van der Waals surface area contributed by atoms with Crippen LogP contribution in [0.25, 0.3) is 0 Å². The highest BCUT2D eigenvalue weighted by atomic mass is 16.5. The van der Waals surface area contributed by atoms with Gasteiger partial charge in [0.25, 0.3) is 11.8 Å². The third-order valence-corrected chi connectivity index (χ3v) is 6.44. The molecular weight excluding hydrogens is 472 g/mol. The molecule has 2 aromatic carbocycles. The van der Waals surface area contributed by atoms with Crippen molar-refractivity contribution in [2.24, 2.45) is 5.10 Å². The van der Waals surface area contributed by atoms with Crippen LogP contribution in [-0.4, -0.2) is 69.9 Å². The monoisotopic (exact) mass is 510 g/mol. The zero-order valence-corrected chi connectivity index (χ0v) is 22.0. The van der Waals surface area contributed by atoms with Crippen LogP contribution in [0, 0.1) is 0 Å². The number of piperidine rings is 1. The summed E-state index contributed by atoms with van der Waals surface area (Å²) in [6.07, 6.45) is 7.25. The second-order valence-corrected chi connectivity index (χ2v) is 8.92. The van der Waals surface area contributed by atoms with Gasteiger partial charge >= 0.3 is 0 Å². The molecule has 9 heteroatoms. The van der Waals surface area contributed by atoms with Gasteiger partial charge in [0, 0.05) is 17.7 Å². The van der Waals surface area contributed by atoms with Gasteiger partial charge in [-0.1, -0.05) is 24.6 Å². The van der Waals surface area contributed by atoms with Crippen LogP contribution in [0.15, 0.2) is 47.6 Å². The summed E-state index contributed by atoms with van der Waals surface area (Å²) in [5, 5.41) is 7.16. The predicted octanol–water partition coefficient (Wildman–Crippen LogP) is 3.62. The summed E-state index contributed by atoms with van der Waals surface area (Å²) in [4.78, 5) is 27.6. The Morgan fingerprint density at radius 3 is 2.27 bits per heavy atom. The quantitative estimate of drug-likeness (QED) is 0.243. The molecule has 2 N–H and O–H groups in total. The normalized spacial score (nSPS) is 14.7. The number of methoxy groups -OCH3 is 3. The number of hydrogen-bond donors (Lipinski definition) is 2. The third kappa shape index (κ3) is 8.21. The van der Waals surface area contributed by atoms with Gasteiger partial charge < -0.3 is 19.5 Å². The van der Waals surface area contributed by atoms with E-state index in [9.17, 15) is 9.59 Å². The van der Waals surface area contributed by atoms with E-state index in [1.54, 1.807) is 51.8 Å². The smallest absolute Gasteiger partial charge is 0.257 e. The van der Waals surface area contributed by atoms with Crippen molar-refractivity contribution < 1.29 is 23.8 Å². The molecule has 3 rings (SSSR count). The van der Waals surface area contributed by atoms with E-state index in [1.165, 1.54) is 6.42 Å². The Balaban J connectivity index is 1.55. The second kappa shape index (κ2) is 14.8. The maximum Gasteiger partial charge on any atom is 0.257 e. The molecule has 0 spiro atoms. The molecule has 1 saturated heterocycles. The molecule has 2 amide bonds. The van der Waals surface area contributed by atoms with Gasteiger partial charge in [-0.25, -0.2) is 5.43 Å². The summed E-state index contributed by atoms with van der Waals surface area (Å²) in [5.74, 6) is 1.32. The minimum absolute atomic E-state index is 0.0768. The van der Waals surface area contributed by atoms with Crippen LogP contribution in [0.4, 0.5) is 0 Å². The number of hydrazone groups is 1. The van der Waals surface area contributed by atoms with Crippen molar-refractivity contribution in [1.82, 2.24) is 15.6 Å². The summed E-state index contributed by atoms with van der Waals surface area (Å²) in [6, 6.07) is 12.4. The second-order valence-electron chi connectivity index (χ2n) is 8.92. The first-order valence-corrected chi connectivity index (χ1v) is 12.8. The van der Waals surface area contributed by atoms with Gasteiger partial charge in [-0.05, 0) is 69.5 Å². The molecule has 0 bridgehead atoms. The lowest BCUT2D eigenvalue weighted by Crippen LogP contribution is -2.47. The van der Waals surface area contributed by atoms with E-state index in [4.69, 9.17) is 14.2 Å². The average Bonchev–Trinajstić information content (AvgIpc) is 2.95. The van der Waals surface area contributed by atoms with Crippen LogP contribution in [0.5, 0.6) is 17.2 Å². The Morgan fingerprint density at radius 1 is 0.973 bits per heavy atom. The number of benzene rings is 2. The summed E-state index contributed by atoms with van der Waals surface area (Å²) in [7, 11) is 4.65. The molecule has 200 valence electrons. The van der Waals surface area contributed by atoms with Crippen molar-refractivity contribution in [3.63, 3.8) is 0 Å². The lowest BCUT2D eigenvalue weighted by Gasteiger charge is -2.33. The topological polar surface area (TPSA) is 101 Å². The average molecular weight is 511 g/mol. The number of nitrogens with one attached hydrogen (secondary N) is 2. The lowest BCUT2D eigenvalue weighted by molar-refractivity contribution is -0.127. The lowest BCUT2D eigenvalue weighted by atomic mass is 10.0. The van der Waals surface area contributed by atoms with E-state index in [0.29, 0.717) is 41.3 Å². The molecule has 1 aliphatic rings. The summed E-state index contributed by atoms with van der Waals surface area (Å²) < 4.78 is 16.1. The molecule has 1 unspecified atom stereocenters. The standard InChI is InChI=1S/C28H38N4O5/c1-35-24-18-21(19-25(36-2)26(24)37-3)20-30-31-28(34)23(32-16-10-5-11-17-32)14-8-9-15-29-27(33)22-12-6-4-7-13-22/h4,6-7,12-13,18-20,23H,5,8-11,14-17H2,1-3H3,(H,29,33)(H,31,34)/b30-20+. The number of amides is 2. The van der Waals surface area contributed by atoms with Gasteiger partial charge in [0.15, 0.2) is 11.5 Å². The first kappa shape index (κ1) is 28.0. The molecule has 0 saturated carbocycles. The summed E-state index contributed by atoms with van der Waals surface area (Å²) in [6.45, 7) is 2.38. The van der Waals surface area contributed by atoms with Crippen molar-refractivity contribution in [2.75, 3.05) is 41.0 Å². The maximum atomic E-state index is 13.1. The molecule has 1 aliphatic heterocycles. The van der Waals surface area contributed by atoms with Crippen molar-refractivity contribution >= 4 is 18.0 Å². The van der Waals surface area contributed by atoms with Crippen LogP contribution in [0.2, 0.25) is 0 Å². The van der Waals surface area contributed by atoms with E-state index < -0.39 is 0 Å². The largest absolute Gasteiger partial charge is 0.493 e. The van der Waals surface area contributed by atoms with Gasteiger partial charge in [-0.15, -0.1) is 0 Å². The highest BCUT2D eigenvalue weighted by molar-refractivity contribution is 5.94. The molecule has 0 aromatic heterocycles. The molecule has 0 radical (unpaired) electrons. The predicted molar refractivity (Wildman–Crippen MR) is 144 cm³/mol. The van der Waals surface area contributed by atoms with Gasteiger partial charge in [0.05, 0.1) is 33.6 Å². The number of ether oxygens (including phenoxy) is 3. The van der Waals surface area contributed by atoms with Crippen LogP contribution in [0.3, 0.4) is 0 Å². The molecule has 9 nitrogen and oxygen atoms in total. The van der Waals surface area contributed by atoms with Gasteiger partial charge in [-0.2, -0.15) is 5.10 Å². The fourth-order valence-corrected chi connectivity index (χ4v) is 4.49. The van der Waals surface area contributed by atoms with E-state index in [0.717, 1.165) is 38.8 Å². The van der Waals surface area contributed by atoms with Crippen molar-refractivity contribution in [3.05, 3.63) is 53.6 Å². The fraction of sp³-hybridized carbons (Fsp3) is 0.464. The SMILES string of the molecule is COc1cc(/C=N/NC(=O)C(CCCCNC(=O)c2ccccc2)N2CCCCC2)cc(OC)c1OC. The zero-order valence-electron chi connectivity index (χ0n) is 22.0. The number of hydrogen-bond acceptors (Lipinski definition) is 7. The third-order valence-electron chi connectivity index (χ3n) is 6.44. The number of likely N-dealkylation sites (tertiary alicyclic amines) is 1. The number of carbonyl (C=O) groups is 2. The first-order valence-electron chi connectivity index (χ1n) is 12.8. The molecule has 1 fully saturated rings. The van der Waals surface area contributed by atoms with Gasteiger partial charge in [-0.3, -0.25) is 14.5 Å². The fourth-order valence-electron chi connectivity index (χ4n) is 4.49. The van der Waals surface area contributed by atoms with Crippen LogP contribution in [-0.2, 0) is 4.79 Å². The Bertz CT molecular complexity index is 1010. The Morgan fingerprint density at radius 2 is 1.65 bits per heavy atom. The minimum atomic E-state index is -0.262. The van der Waals surface area contributed by atoms with E-state index in [2.05, 4.69) is 20.7 Å². The molecule has 0 aliphatic carbocycles. The number of rotatable bonds is 13. The van der Waals surface area contributed by atoms with Gasteiger partial charge in [0.2, 0.25) is 5.75 Å². The van der Waals surface area contributed by atoms with Crippen molar-refractivity contribution in [3.8, 4) is 17.2 Å². The van der Waals surface area contributed by atoms with E-state index in [1.807, 2.05) is 18.2 Å². The Hall–Kier alpha value is -3.59. The molecule has 1 atom stereocenters. The first-order chi connectivity index (χ1) is 18.1. The molecule has 2 aromatic rings. The van der Waals surface area contributed by atoms with E-state index >= 15 is 0 Å². The zero-order chi connectivity index (χ0) is 26.5. The van der Waals surface area contributed by atoms with Gasteiger partial charge in [0.1, 0.15) is 0 Å². The van der Waals surface area contributed by atoms with Crippen LogP contribution in [0.1, 0.15) is 54.4 Å². The van der Waals surface area contributed by atoms with Crippen LogP contribution >= 0.6 is 0 Å². The van der Waals surface area contributed by atoms with Crippen LogP contribution < -0.4 is 25.0 Å². The van der Waals surface area contributed by atoms with Crippen molar-refractivity contribution in [2.45, 2.75) is 44.6 Å². The molecule has 37 heavy (non-hydrogen) atoms. The summed E-state index contributed by atoms with van der Waals surface area (Å²) in [5.41, 5.74) is 4.08. The Labute approximate surface area is 219 Å². The molecular formula is C28H38N4O5. The van der Waals surface area contributed by atoms with E-state index in [-0.39, 0.29) is 17.9 Å². The highest BCUT2D eigenvalue weighted by Gasteiger charge is 2.26. The number of nitrogens with zero attached hydrogens (tertiary/aromatic N) is 2. The molecule has 1 heterocycles. The summed E-state index contributed by atoms with van der Waals surface area (Å²) >= 11 is 0. The minimum Gasteiger partial charge on any atom is -0.493 e. The van der Waals surface area contributed by atoms with Crippen molar-refractivity contribution in [1.29, 1.82) is 0 Å². The number of unbranched alkanes of at least 4 members (excludes halogenated alkanes) is 1.